The van der Waals surface area contributed by atoms with Gasteiger partial charge in [-0.1, -0.05) is 30.3 Å². The molecule has 0 saturated carbocycles. The highest BCUT2D eigenvalue weighted by Crippen LogP contribution is 2.39. The van der Waals surface area contributed by atoms with Crippen molar-refractivity contribution >= 4 is 16.8 Å². The van der Waals surface area contributed by atoms with E-state index in [1.165, 1.54) is 16.5 Å². The molecule has 4 heteroatoms. The highest BCUT2D eigenvalue weighted by Gasteiger charge is 2.35. The predicted molar refractivity (Wildman–Crippen MR) is 111 cm³/mol. The number of nitrogens with one attached hydrogen (secondary N) is 1. The molecule has 1 saturated heterocycles. The van der Waals surface area contributed by atoms with E-state index < -0.39 is 0 Å². The molecule has 0 unspecified atom stereocenters. The van der Waals surface area contributed by atoms with Crippen LogP contribution in [0.1, 0.15) is 54.1 Å². The lowest BCUT2D eigenvalue weighted by Crippen LogP contribution is -2.38. The van der Waals surface area contributed by atoms with Gasteiger partial charge in [0.1, 0.15) is 11.4 Å². The summed E-state index contributed by atoms with van der Waals surface area (Å²) in [6.07, 6.45) is 4.99. The van der Waals surface area contributed by atoms with Crippen LogP contribution in [-0.2, 0) is 6.42 Å². The Balaban J connectivity index is 1.33. The van der Waals surface area contributed by atoms with Crippen LogP contribution < -0.4 is 4.74 Å². The maximum Gasteiger partial charge on any atom is 0.257 e. The van der Waals surface area contributed by atoms with Gasteiger partial charge < -0.3 is 14.6 Å². The fourth-order valence-corrected chi connectivity index (χ4v) is 4.78. The molecule has 5 rings (SSSR count). The van der Waals surface area contributed by atoms with E-state index >= 15 is 0 Å². The van der Waals surface area contributed by atoms with Crippen molar-refractivity contribution in [3.8, 4) is 5.75 Å². The SMILES string of the molecule is CC1(C)Cc2cccc(C(=O)N3CCC(c4c[nH]c5ccccc45)CC3)c2O1. The Morgan fingerprint density at radius 1 is 1.11 bits per heavy atom. The Morgan fingerprint density at radius 3 is 2.71 bits per heavy atom. The fraction of sp³-hybridized carbons (Fsp3) is 0.375. The minimum absolute atomic E-state index is 0.104. The second-order valence-corrected chi connectivity index (χ2v) is 8.69. The van der Waals surface area contributed by atoms with E-state index in [4.69, 9.17) is 4.74 Å². The predicted octanol–water partition coefficient (Wildman–Crippen LogP) is 4.90. The van der Waals surface area contributed by atoms with Crippen LogP contribution in [0.25, 0.3) is 10.9 Å². The summed E-state index contributed by atoms with van der Waals surface area (Å²) in [5.41, 5.74) is 4.20. The largest absolute Gasteiger partial charge is 0.486 e. The van der Waals surface area contributed by atoms with Crippen molar-refractivity contribution in [1.29, 1.82) is 0 Å². The number of hydrogen-bond donors (Lipinski definition) is 1. The number of aromatic nitrogens is 1. The molecule has 28 heavy (non-hydrogen) atoms. The quantitative estimate of drug-likeness (QED) is 0.693. The third-order valence-corrected chi connectivity index (χ3v) is 6.16. The number of hydrogen-bond acceptors (Lipinski definition) is 2. The molecule has 1 fully saturated rings. The number of carbonyl (C=O) groups excluding carboxylic acids is 1. The number of piperidine rings is 1. The molecule has 3 aromatic rings. The fourth-order valence-electron chi connectivity index (χ4n) is 4.78. The lowest BCUT2D eigenvalue weighted by molar-refractivity contribution is 0.0702. The summed E-state index contributed by atoms with van der Waals surface area (Å²) in [6.45, 7) is 5.73. The first-order valence-corrected chi connectivity index (χ1v) is 10.2. The zero-order chi connectivity index (χ0) is 19.3. The average molecular weight is 374 g/mol. The first-order valence-electron chi connectivity index (χ1n) is 10.2. The minimum Gasteiger partial charge on any atom is -0.486 e. The molecule has 3 heterocycles. The molecule has 0 aliphatic carbocycles. The van der Waals surface area contributed by atoms with Gasteiger partial charge in [0.05, 0.1) is 5.56 Å². The molecule has 1 aromatic heterocycles. The van der Waals surface area contributed by atoms with Crippen LogP contribution in [0, 0.1) is 0 Å². The zero-order valence-electron chi connectivity index (χ0n) is 16.5. The summed E-state index contributed by atoms with van der Waals surface area (Å²) in [6, 6.07) is 14.4. The van der Waals surface area contributed by atoms with Gasteiger partial charge >= 0.3 is 0 Å². The Labute approximate surface area is 165 Å². The standard InChI is InChI=1S/C24H26N2O2/c1-24(2)14-17-6-5-8-19(22(17)28-24)23(27)26-12-10-16(11-13-26)20-15-25-21-9-4-3-7-18(20)21/h3-9,15-16,25H,10-14H2,1-2H3. The van der Waals surface area contributed by atoms with E-state index in [1.54, 1.807) is 0 Å². The van der Waals surface area contributed by atoms with Crippen molar-refractivity contribution in [1.82, 2.24) is 9.88 Å². The van der Waals surface area contributed by atoms with Gasteiger partial charge in [0.15, 0.2) is 0 Å². The van der Waals surface area contributed by atoms with Crippen LogP contribution in [0.15, 0.2) is 48.7 Å². The van der Waals surface area contributed by atoms with Gasteiger partial charge in [0, 0.05) is 36.6 Å². The Kier molecular flexibility index (Phi) is 3.97. The van der Waals surface area contributed by atoms with Gasteiger partial charge in [0.2, 0.25) is 0 Å². The second-order valence-electron chi connectivity index (χ2n) is 8.69. The zero-order valence-corrected chi connectivity index (χ0v) is 16.5. The van der Waals surface area contributed by atoms with E-state index in [-0.39, 0.29) is 11.5 Å². The number of H-pyrrole nitrogens is 1. The number of ether oxygens (including phenoxy) is 1. The topological polar surface area (TPSA) is 45.3 Å². The normalized spacial score (nSPS) is 18.9. The van der Waals surface area contributed by atoms with Crippen LogP contribution >= 0.6 is 0 Å². The molecule has 0 bridgehead atoms. The van der Waals surface area contributed by atoms with Crippen LogP contribution in [0.4, 0.5) is 0 Å². The molecular formula is C24H26N2O2. The lowest BCUT2D eigenvalue weighted by atomic mass is 9.89. The smallest absolute Gasteiger partial charge is 0.257 e. The first-order chi connectivity index (χ1) is 13.5. The molecule has 0 radical (unpaired) electrons. The number of carbonyl (C=O) groups is 1. The van der Waals surface area contributed by atoms with Gasteiger partial charge in [-0.3, -0.25) is 4.79 Å². The summed E-state index contributed by atoms with van der Waals surface area (Å²) in [5, 5.41) is 1.31. The number of rotatable bonds is 2. The molecule has 4 nitrogen and oxygen atoms in total. The third kappa shape index (κ3) is 2.88. The molecule has 144 valence electrons. The van der Waals surface area contributed by atoms with Crippen LogP contribution in [0.2, 0.25) is 0 Å². The van der Waals surface area contributed by atoms with Gasteiger partial charge in [-0.2, -0.15) is 0 Å². The van der Waals surface area contributed by atoms with Gasteiger partial charge in [-0.25, -0.2) is 0 Å². The number of amides is 1. The number of fused-ring (bicyclic) bond motifs is 2. The van der Waals surface area contributed by atoms with E-state index in [0.29, 0.717) is 11.5 Å². The maximum absolute atomic E-state index is 13.2. The highest BCUT2D eigenvalue weighted by molar-refractivity contribution is 5.97. The van der Waals surface area contributed by atoms with Crippen molar-refractivity contribution < 1.29 is 9.53 Å². The Bertz CT molecular complexity index is 1040. The van der Waals surface area contributed by atoms with E-state index in [1.807, 2.05) is 17.0 Å². The number of para-hydroxylation sites is 2. The van der Waals surface area contributed by atoms with Crippen molar-refractivity contribution in [2.24, 2.45) is 0 Å². The molecule has 1 N–H and O–H groups in total. The van der Waals surface area contributed by atoms with Crippen molar-refractivity contribution in [2.75, 3.05) is 13.1 Å². The van der Waals surface area contributed by atoms with Gasteiger partial charge in [-0.05, 0) is 55.9 Å². The summed E-state index contributed by atoms with van der Waals surface area (Å²) in [4.78, 5) is 18.6. The first kappa shape index (κ1) is 17.4. The summed E-state index contributed by atoms with van der Waals surface area (Å²) in [7, 11) is 0. The monoisotopic (exact) mass is 374 g/mol. The van der Waals surface area contributed by atoms with E-state index in [2.05, 4.69) is 55.4 Å². The molecule has 2 aliphatic rings. The molecule has 0 atom stereocenters. The maximum atomic E-state index is 13.2. The Morgan fingerprint density at radius 2 is 1.89 bits per heavy atom. The van der Waals surface area contributed by atoms with Crippen LogP contribution in [-0.4, -0.2) is 34.5 Å². The minimum atomic E-state index is -0.235. The summed E-state index contributed by atoms with van der Waals surface area (Å²) >= 11 is 0. The average Bonchev–Trinajstić information content (AvgIpc) is 3.26. The van der Waals surface area contributed by atoms with E-state index in [0.717, 1.165) is 43.7 Å². The Hall–Kier alpha value is -2.75. The van der Waals surface area contributed by atoms with Gasteiger partial charge in [-0.15, -0.1) is 0 Å². The number of likely N-dealkylation sites (tertiary alicyclic amines) is 1. The van der Waals surface area contributed by atoms with Crippen LogP contribution in [0.3, 0.4) is 0 Å². The molecular weight excluding hydrogens is 348 g/mol. The van der Waals surface area contributed by atoms with Crippen molar-refractivity contribution in [3.63, 3.8) is 0 Å². The van der Waals surface area contributed by atoms with Crippen LogP contribution in [0.5, 0.6) is 5.75 Å². The lowest BCUT2D eigenvalue weighted by Gasteiger charge is -2.32. The molecule has 1 amide bonds. The number of nitrogens with zero attached hydrogens (tertiary/aromatic N) is 1. The second kappa shape index (κ2) is 6.40. The molecule has 2 aromatic carbocycles. The van der Waals surface area contributed by atoms with Gasteiger partial charge in [0.25, 0.3) is 5.91 Å². The number of aromatic amines is 1. The molecule has 0 spiro atoms. The highest BCUT2D eigenvalue weighted by atomic mass is 16.5. The third-order valence-electron chi connectivity index (χ3n) is 6.16. The van der Waals surface area contributed by atoms with E-state index in [9.17, 15) is 4.79 Å². The molecule has 2 aliphatic heterocycles. The van der Waals surface area contributed by atoms with Crippen molar-refractivity contribution in [3.05, 3.63) is 65.4 Å². The number of benzene rings is 2. The van der Waals surface area contributed by atoms with Crippen molar-refractivity contribution in [2.45, 2.75) is 44.6 Å². The summed E-state index contributed by atoms with van der Waals surface area (Å²) in [5.74, 6) is 1.39. The summed E-state index contributed by atoms with van der Waals surface area (Å²) < 4.78 is 6.11.